The zero-order valence-electron chi connectivity index (χ0n) is 8.09. The Labute approximate surface area is 104 Å². The van der Waals surface area contributed by atoms with Gasteiger partial charge in [-0.25, -0.2) is 11.8 Å². The second kappa shape index (κ2) is 5.51. The number of benzene rings is 1. The zero-order chi connectivity index (χ0) is 9.14. The van der Waals surface area contributed by atoms with Gasteiger partial charge in [-0.05, 0) is 7.05 Å². The van der Waals surface area contributed by atoms with Gasteiger partial charge in [-0.3, -0.25) is 6.07 Å². The Bertz CT molecular complexity index is 299. The minimum absolute atomic E-state index is 0. The fraction of sp³-hybridized carbons (Fsp3) is 0.300. The Morgan fingerprint density at radius 2 is 2.00 bits per heavy atom. The van der Waals surface area contributed by atoms with E-state index < -0.39 is 0 Å². The van der Waals surface area contributed by atoms with Crippen LogP contribution < -0.4 is 4.90 Å². The number of carbonyl (C=O) groups excluding carboxylic acids is 1. The molecule has 0 aromatic heterocycles. The predicted molar refractivity (Wildman–Crippen MR) is 48.8 cm³/mol. The molecule has 1 aromatic rings. The number of hydrogen-bond acceptors (Lipinski definition) is 1. The molecular weight excluding hydrogens is 239 g/mol. The molecule has 0 aliphatic carbocycles. The molecule has 67 valence electrons. The van der Waals surface area contributed by atoms with E-state index in [1.807, 2.05) is 26.0 Å². The van der Waals surface area contributed by atoms with Crippen LogP contribution in [0.25, 0.3) is 0 Å². The molecule has 1 rings (SSSR count). The molecule has 0 aliphatic rings. The normalized spacial score (nSPS) is 8.85. The Balaban J connectivity index is 0.00000144. The molecule has 0 fully saturated rings. The quantitative estimate of drug-likeness (QED) is 0.576. The fourth-order valence-electron chi connectivity index (χ4n) is 0.899. The maximum atomic E-state index is 10.3. The van der Waals surface area contributed by atoms with Gasteiger partial charge in [0.25, 0.3) is 0 Å². The van der Waals surface area contributed by atoms with Gasteiger partial charge in [0.05, 0.1) is 6.41 Å². The van der Waals surface area contributed by atoms with E-state index in [-0.39, 0.29) is 32.7 Å². The van der Waals surface area contributed by atoms with Crippen LogP contribution in [0.5, 0.6) is 0 Å². The SMILES string of the molecule is Cc1c[c-]c(N(C)[C-]=O)cc1C.[Y]. The zero-order valence-corrected chi connectivity index (χ0v) is 10.9. The van der Waals surface area contributed by atoms with Gasteiger partial charge in [-0.15, -0.1) is 0 Å². The average molecular weight is 250 g/mol. The summed E-state index contributed by atoms with van der Waals surface area (Å²) in [5.41, 5.74) is 3.09. The van der Waals surface area contributed by atoms with Crippen LogP contribution >= 0.6 is 0 Å². The topological polar surface area (TPSA) is 20.3 Å². The Hall–Kier alpha value is -0.206. The second-order valence-electron chi connectivity index (χ2n) is 2.83. The van der Waals surface area contributed by atoms with Gasteiger partial charge in [-0.1, -0.05) is 13.8 Å². The van der Waals surface area contributed by atoms with Gasteiger partial charge in [0.15, 0.2) is 0 Å². The third-order valence-corrected chi connectivity index (χ3v) is 1.91. The van der Waals surface area contributed by atoms with Crippen molar-refractivity contribution in [3.8, 4) is 0 Å². The molecular formula is C10H11NOY-2. The monoisotopic (exact) mass is 250 g/mol. The van der Waals surface area contributed by atoms with Crippen LogP contribution in [-0.4, -0.2) is 13.5 Å². The molecule has 0 spiro atoms. The summed E-state index contributed by atoms with van der Waals surface area (Å²) in [7, 11) is 1.66. The molecule has 0 heterocycles. The first-order valence-electron chi connectivity index (χ1n) is 3.75. The first kappa shape index (κ1) is 12.8. The van der Waals surface area contributed by atoms with Gasteiger partial charge in [0, 0.05) is 32.7 Å². The molecule has 1 radical (unpaired) electrons. The summed E-state index contributed by atoms with van der Waals surface area (Å²) < 4.78 is 0. The molecule has 2 nitrogen and oxygen atoms in total. The third-order valence-electron chi connectivity index (χ3n) is 1.91. The predicted octanol–water partition coefficient (Wildman–Crippen LogP) is 1.60. The first-order chi connectivity index (χ1) is 5.65. The number of rotatable bonds is 2. The van der Waals surface area contributed by atoms with E-state index in [2.05, 4.69) is 6.07 Å². The standard InChI is InChI=1S/C10H11NO.Y/c1-8-4-5-10(6-9(8)2)11(3)7-12;/h4,6H,1-3H3;/q-2;. The van der Waals surface area contributed by atoms with Crippen molar-refractivity contribution in [3.05, 3.63) is 29.3 Å². The molecule has 0 aliphatic heterocycles. The third kappa shape index (κ3) is 3.20. The van der Waals surface area contributed by atoms with Crippen LogP contribution in [-0.2, 0) is 37.5 Å². The summed E-state index contributed by atoms with van der Waals surface area (Å²) in [6, 6.07) is 6.78. The number of amides is 1. The van der Waals surface area contributed by atoms with Crippen molar-refractivity contribution < 1.29 is 37.5 Å². The van der Waals surface area contributed by atoms with E-state index in [1.54, 1.807) is 13.5 Å². The van der Waals surface area contributed by atoms with Crippen LogP contribution in [0.2, 0.25) is 0 Å². The van der Waals surface area contributed by atoms with E-state index in [4.69, 9.17) is 0 Å². The van der Waals surface area contributed by atoms with E-state index >= 15 is 0 Å². The maximum absolute atomic E-state index is 10.3. The van der Waals surface area contributed by atoms with Crippen molar-refractivity contribution in [2.75, 3.05) is 11.9 Å². The van der Waals surface area contributed by atoms with E-state index in [9.17, 15) is 4.79 Å². The van der Waals surface area contributed by atoms with Crippen LogP contribution in [0, 0.1) is 19.9 Å². The number of aryl methyl sites for hydroxylation is 2. The van der Waals surface area contributed by atoms with Crippen LogP contribution in [0.3, 0.4) is 0 Å². The second-order valence-corrected chi connectivity index (χ2v) is 2.83. The van der Waals surface area contributed by atoms with Gasteiger partial charge < -0.3 is 9.69 Å². The van der Waals surface area contributed by atoms with Crippen molar-refractivity contribution in [2.45, 2.75) is 13.8 Å². The molecule has 0 saturated carbocycles. The van der Waals surface area contributed by atoms with Crippen molar-refractivity contribution in [1.82, 2.24) is 0 Å². The van der Waals surface area contributed by atoms with Crippen molar-refractivity contribution in [2.24, 2.45) is 0 Å². The minimum Gasteiger partial charge on any atom is -0.501 e. The molecule has 0 N–H and O–H groups in total. The summed E-state index contributed by atoms with van der Waals surface area (Å²) in [5, 5.41) is 0. The Kier molecular flexibility index (Phi) is 5.42. The fourth-order valence-corrected chi connectivity index (χ4v) is 0.899. The summed E-state index contributed by atoms with van der Waals surface area (Å²) in [6.07, 6.45) is 1.78. The van der Waals surface area contributed by atoms with Gasteiger partial charge in [0.1, 0.15) is 0 Å². The van der Waals surface area contributed by atoms with E-state index in [0.29, 0.717) is 0 Å². The summed E-state index contributed by atoms with van der Waals surface area (Å²) >= 11 is 0. The summed E-state index contributed by atoms with van der Waals surface area (Å²) in [5.74, 6) is 0. The molecule has 3 heteroatoms. The molecule has 1 aromatic carbocycles. The van der Waals surface area contributed by atoms with Gasteiger partial charge in [0.2, 0.25) is 0 Å². The van der Waals surface area contributed by atoms with Crippen LogP contribution in [0.1, 0.15) is 11.1 Å². The molecule has 0 bridgehead atoms. The van der Waals surface area contributed by atoms with Gasteiger partial charge >= 0.3 is 0 Å². The van der Waals surface area contributed by atoms with E-state index in [0.717, 1.165) is 11.3 Å². The molecule has 0 atom stereocenters. The number of hydrogen-bond donors (Lipinski definition) is 0. The van der Waals surface area contributed by atoms with Gasteiger partial charge in [-0.2, -0.15) is 17.2 Å². The van der Waals surface area contributed by atoms with Crippen molar-refractivity contribution in [3.63, 3.8) is 0 Å². The largest absolute Gasteiger partial charge is 0.501 e. The minimum atomic E-state index is 0. The van der Waals surface area contributed by atoms with E-state index in [1.165, 1.54) is 10.5 Å². The van der Waals surface area contributed by atoms with Crippen molar-refractivity contribution in [1.29, 1.82) is 0 Å². The molecule has 0 unspecified atom stereocenters. The summed E-state index contributed by atoms with van der Waals surface area (Å²) in [4.78, 5) is 11.7. The van der Waals surface area contributed by atoms with Crippen LogP contribution in [0.15, 0.2) is 12.1 Å². The summed E-state index contributed by atoms with van der Waals surface area (Å²) in [6.45, 7) is 4.02. The number of anilines is 1. The maximum Gasteiger partial charge on any atom is 0.0701 e. The Morgan fingerprint density at radius 1 is 1.38 bits per heavy atom. The molecule has 0 saturated heterocycles. The molecule has 13 heavy (non-hydrogen) atoms. The van der Waals surface area contributed by atoms with Crippen molar-refractivity contribution >= 4 is 12.1 Å². The average Bonchev–Trinajstić information content (AvgIpc) is 2.08. The Morgan fingerprint density at radius 3 is 2.46 bits per heavy atom. The first-order valence-corrected chi connectivity index (χ1v) is 3.75. The smallest absolute Gasteiger partial charge is 0.0701 e. The number of nitrogens with zero attached hydrogens (tertiary/aromatic N) is 1. The molecule has 1 amide bonds. The van der Waals surface area contributed by atoms with Crippen LogP contribution in [0.4, 0.5) is 5.69 Å².